The molecule has 0 N–H and O–H groups in total. The van der Waals surface area contributed by atoms with Crippen molar-refractivity contribution in [2.24, 2.45) is 34.0 Å². The Labute approximate surface area is 201 Å². The smallest absolute Gasteiger partial charge is 0.302 e. The first kappa shape index (κ1) is 24.0. The molecule has 188 valence electrons. The summed E-state index contributed by atoms with van der Waals surface area (Å²) in [5, 5.41) is 0. The third-order valence-corrected chi connectivity index (χ3v) is 9.90. The third-order valence-electron chi connectivity index (χ3n) is 9.90. The second-order valence-electron chi connectivity index (χ2n) is 12.6. The number of carbonyl (C=O) groups excluding carboxylic acids is 3. The van der Waals surface area contributed by atoms with E-state index in [2.05, 4.69) is 27.4 Å². The average Bonchev–Trinajstić information content (AvgIpc) is 2.82. The molecule has 5 rings (SSSR count). The summed E-state index contributed by atoms with van der Waals surface area (Å²) in [4.78, 5) is 38.7. The number of fused-ring (bicyclic) bond motifs is 2. The molecule has 34 heavy (non-hydrogen) atoms. The number of Topliss-reactive ketones (excluding diaryl/α,β-unsaturated/α-hetero) is 1. The molecule has 5 fully saturated rings. The molecule has 7 nitrogen and oxygen atoms in total. The molecule has 0 amide bonds. The summed E-state index contributed by atoms with van der Waals surface area (Å²) in [7, 11) is 0. The van der Waals surface area contributed by atoms with Crippen molar-refractivity contribution in [3.63, 3.8) is 0 Å². The Bertz CT molecular complexity index is 966. The van der Waals surface area contributed by atoms with E-state index in [1.165, 1.54) is 13.8 Å². The number of ketones is 1. The average molecular weight is 475 g/mol. The molecular formula is C27H38O7. The number of hydrogen-bond acceptors (Lipinski definition) is 7. The SMILES string of the molecule is C=C1C(=O)[C@@]23[C@@H]4OC(C)(C)O[C@@H]2C[C@@H]2C(C)(C)CC[C@@H](OC(C)=O)[C@@]2(C)[C@@H]3[C@@H](OC(C)=O)C[C@@H]14. The van der Waals surface area contributed by atoms with Crippen molar-refractivity contribution in [3.05, 3.63) is 12.2 Å². The Hall–Kier alpha value is -1.73. The summed E-state index contributed by atoms with van der Waals surface area (Å²) in [5.74, 6) is -2.15. The van der Waals surface area contributed by atoms with Crippen LogP contribution in [0.3, 0.4) is 0 Å². The minimum absolute atomic E-state index is 0.0349. The highest BCUT2D eigenvalue weighted by Crippen LogP contribution is 2.74. The second kappa shape index (κ2) is 7.16. The molecule has 4 saturated carbocycles. The van der Waals surface area contributed by atoms with Crippen LogP contribution in [-0.2, 0) is 33.3 Å². The van der Waals surface area contributed by atoms with Gasteiger partial charge >= 0.3 is 11.9 Å². The summed E-state index contributed by atoms with van der Waals surface area (Å²) in [6.07, 6.45) is 1.00. The zero-order valence-electron chi connectivity index (χ0n) is 21.4. The van der Waals surface area contributed by atoms with Gasteiger partial charge in [-0.05, 0) is 56.4 Å². The molecule has 0 radical (unpaired) electrons. The standard InChI is InChI=1S/C27H38O7/c1-13-16-11-17(31-14(2)28)21-26(8)18(24(4,5)10-9-19(26)32-15(3)29)12-20-27(21,22(13)30)23(16)34-25(6,7)33-20/h16-21,23H,1,9-12H2,2-8H3/t16-,17-,18+,19+,20+,21-,23+,26-,27+/m0/s1. The summed E-state index contributed by atoms with van der Waals surface area (Å²) < 4.78 is 25.1. The number of ether oxygens (including phenoxy) is 4. The Morgan fingerprint density at radius 3 is 2.26 bits per heavy atom. The predicted octanol–water partition coefficient (Wildman–Crippen LogP) is 3.98. The van der Waals surface area contributed by atoms with Gasteiger partial charge in [0.2, 0.25) is 0 Å². The van der Waals surface area contributed by atoms with Gasteiger partial charge in [-0.15, -0.1) is 0 Å². The molecule has 1 heterocycles. The molecule has 0 unspecified atom stereocenters. The largest absolute Gasteiger partial charge is 0.462 e. The molecule has 0 aromatic carbocycles. The molecule has 0 aromatic rings. The summed E-state index contributed by atoms with van der Waals surface area (Å²) in [5.41, 5.74) is -1.17. The van der Waals surface area contributed by atoms with Crippen LogP contribution in [-0.4, -0.2) is 47.9 Å². The van der Waals surface area contributed by atoms with Crippen molar-refractivity contribution >= 4 is 17.7 Å². The predicted molar refractivity (Wildman–Crippen MR) is 122 cm³/mol. The third kappa shape index (κ3) is 2.92. The molecule has 4 aliphatic carbocycles. The van der Waals surface area contributed by atoms with Crippen LogP contribution in [0.15, 0.2) is 12.2 Å². The first-order chi connectivity index (χ1) is 15.7. The monoisotopic (exact) mass is 474 g/mol. The molecule has 5 aliphatic rings. The van der Waals surface area contributed by atoms with Gasteiger partial charge in [-0.25, -0.2) is 0 Å². The van der Waals surface area contributed by atoms with Crippen molar-refractivity contribution < 1.29 is 33.3 Å². The van der Waals surface area contributed by atoms with Crippen molar-refractivity contribution in [2.45, 2.75) is 104 Å². The van der Waals surface area contributed by atoms with Crippen LogP contribution in [0.25, 0.3) is 0 Å². The molecule has 7 heteroatoms. The fraction of sp³-hybridized carbons (Fsp3) is 0.815. The molecule has 9 atom stereocenters. The summed E-state index contributed by atoms with van der Waals surface area (Å²) >= 11 is 0. The van der Waals surface area contributed by atoms with Gasteiger partial charge in [0, 0.05) is 31.1 Å². The van der Waals surface area contributed by atoms with Crippen LogP contribution in [0, 0.1) is 34.0 Å². The lowest BCUT2D eigenvalue weighted by atomic mass is 9.38. The zero-order chi connectivity index (χ0) is 25.0. The van der Waals surface area contributed by atoms with Crippen LogP contribution in [0.4, 0.5) is 0 Å². The van der Waals surface area contributed by atoms with E-state index in [9.17, 15) is 14.4 Å². The van der Waals surface area contributed by atoms with Crippen molar-refractivity contribution in [1.29, 1.82) is 0 Å². The molecule has 0 aromatic heterocycles. The fourth-order valence-corrected chi connectivity index (χ4v) is 8.98. The van der Waals surface area contributed by atoms with Crippen molar-refractivity contribution in [2.75, 3.05) is 0 Å². The lowest BCUT2D eigenvalue weighted by molar-refractivity contribution is -0.393. The number of hydrogen-bond donors (Lipinski definition) is 0. The van der Waals surface area contributed by atoms with Crippen molar-refractivity contribution in [3.8, 4) is 0 Å². The Morgan fingerprint density at radius 2 is 1.65 bits per heavy atom. The van der Waals surface area contributed by atoms with Crippen LogP contribution >= 0.6 is 0 Å². The molecule has 1 spiro atoms. The fourth-order valence-electron chi connectivity index (χ4n) is 8.98. The van der Waals surface area contributed by atoms with Crippen LogP contribution in [0.2, 0.25) is 0 Å². The molecule has 2 bridgehead atoms. The van der Waals surface area contributed by atoms with E-state index in [0.29, 0.717) is 24.8 Å². The van der Waals surface area contributed by atoms with Gasteiger partial charge in [0.1, 0.15) is 12.2 Å². The van der Waals surface area contributed by atoms with E-state index < -0.39 is 47.0 Å². The van der Waals surface area contributed by atoms with E-state index in [4.69, 9.17) is 18.9 Å². The van der Waals surface area contributed by atoms with Gasteiger partial charge in [0.25, 0.3) is 0 Å². The maximum atomic E-state index is 14.2. The van der Waals surface area contributed by atoms with E-state index in [1.807, 2.05) is 13.8 Å². The number of carbonyl (C=O) groups is 3. The zero-order valence-corrected chi connectivity index (χ0v) is 21.4. The van der Waals surface area contributed by atoms with Gasteiger partial charge in [-0.3, -0.25) is 14.4 Å². The van der Waals surface area contributed by atoms with Gasteiger partial charge in [0.15, 0.2) is 11.6 Å². The molecule has 1 saturated heterocycles. The van der Waals surface area contributed by atoms with Gasteiger partial charge < -0.3 is 18.9 Å². The quantitative estimate of drug-likeness (QED) is 0.442. The topological polar surface area (TPSA) is 88.1 Å². The normalized spacial score (nSPS) is 47.9. The molecular weight excluding hydrogens is 436 g/mol. The Morgan fingerprint density at radius 1 is 1.00 bits per heavy atom. The van der Waals surface area contributed by atoms with E-state index in [1.54, 1.807) is 0 Å². The van der Waals surface area contributed by atoms with Gasteiger partial charge in [-0.2, -0.15) is 0 Å². The van der Waals surface area contributed by atoms with Gasteiger partial charge in [-0.1, -0.05) is 27.4 Å². The highest BCUT2D eigenvalue weighted by atomic mass is 16.7. The van der Waals surface area contributed by atoms with Crippen LogP contribution < -0.4 is 0 Å². The maximum Gasteiger partial charge on any atom is 0.302 e. The molecule has 1 aliphatic heterocycles. The first-order valence-corrected chi connectivity index (χ1v) is 12.6. The van der Waals surface area contributed by atoms with Crippen LogP contribution in [0.5, 0.6) is 0 Å². The number of esters is 2. The highest BCUT2D eigenvalue weighted by molar-refractivity contribution is 6.05. The lowest BCUT2D eigenvalue weighted by Crippen LogP contribution is -2.76. The summed E-state index contributed by atoms with van der Waals surface area (Å²) in [6, 6.07) is 0. The summed E-state index contributed by atoms with van der Waals surface area (Å²) in [6.45, 7) is 17.5. The maximum absolute atomic E-state index is 14.2. The van der Waals surface area contributed by atoms with E-state index in [0.717, 1.165) is 6.42 Å². The van der Waals surface area contributed by atoms with Crippen LogP contribution in [0.1, 0.15) is 74.1 Å². The minimum Gasteiger partial charge on any atom is -0.462 e. The Kier molecular flexibility index (Phi) is 5.05. The number of rotatable bonds is 2. The second-order valence-corrected chi connectivity index (χ2v) is 12.6. The highest BCUT2D eigenvalue weighted by Gasteiger charge is 2.81. The first-order valence-electron chi connectivity index (χ1n) is 12.6. The minimum atomic E-state index is -1.02. The lowest BCUT2D eigenvalue weighted by Gasteiger charge is -2.70. The van der Waals surface area contributed by atoms with Crippen molar-refractivity contribution in [1.82, 2.24) is 0 Å². The van der Waals surface area contributed by atoms with Gasteiger partial charge in [0.05, 0.1) is 17.6 Å². The van der Waals surface area contributed by atoms with E-state index >= 15 is 0 Å². The van der Waals surface area contributed by atoms with E-state index in [-0.39, 0.29) is 35.0 Å². The Balaban J connectivity index is 1.77.